The van der Waals surface area contributed by atoms with Crippen LogP contribution in [0, 0.1) is 0 Å². The minimum Gasteiger partial charge on any atom is -0.496 e. The number of ether oxygens (including phenoxy) is 1. The van der Waals surface area contributed by atoms with Crippen LogP contribution in [-0.4, -0.2) is 22.6 Å². The lowest BCUT2D eigenvalue weighted by molar-refractivity contribution is 0.102. The lowest BCUT2D eigenvalue weighted by atomic mass is 10.1. The van der Waals surface area contributed by atoms with Gasteiger partial charge in [-0.1, -0.05) is 72.8 Å². The molecule has 1 aromatic heterocycles. The van der Waals surface area contributed by atoms with Gasteiger partial charge in [0.1, 0.15) is 11.6 Å². The number of anilines is 1. The molecule has 4 aromatic carbocycles. The molecule has 0 saturated carbocycles. The van der Waals surface area contributed by atoms with Crippen molar-refractivity contribution in [1.82, 2.24) is 9.55 Å². The Morgan fingerprint density at radius 2 is 1.60 bits per heavy atom. The molecule has 0 aliphatic rings. The van der Waals surface area contributed by atoms with Gasteiger partial charge < -0.3 is 14.6 Å². The van der Waals surface area contributed by atoms with E-state index < -0.39 is 0 Å². The Morgan fingerprint density at radius 1 is 0.886 bits per heavy atom. The highest BCUT2D eigenvalue weighted by atomic mass is 16.5. The van der Waals surface area contributed by atoms with Crippen LogP contribution in [0.5, 0.6) is 5.75 Å². The molecule has 0 aliphatic heterocycles. The lowest BCUT2D eigenvalue weighted by Gasteiger charge is -2.11. The fourth-order valence-corrected chi connectivity index (χ4v) is 4.36. The molecule has 1 heterocycles. The number of hydrogen-bond donors (Lipinski definition) is 1. The van der Waals surface area contributed by atoms with Crippen LogP contribution >= 0.6 is 0 Å². The third-order valence-corrected chi connectivity index (χ3v) is 6.08. The summed E-state index contributed by atoms with van der Waals surface area (Å²) in [6.45, 7) is 0.850. The summed E-state index contributed by atoms with van der Waals surface area (Å²) in [6.07, 6.45) is 2.00. The van der Waals surface area contributed by atoms with E-state index in [0.29, 0.717) is 17.0 Å². The zero-order valence-corrected chi connectivity index (χ0v) is 19.6. The van der Waals surface area contributed by atoms with Gasteiger partial charge in [-0.2, -0.15) is 0 Å². The van der Waals surface area contributed by atoms with E-state index in [1.54, 1.807) is 19.2 Å². The summed E-state index contributed by atoms with van der Waals surface area (Å²) in [7, 11) is 1.56. The molecule has 0 spiro atoms. The fourth-order valence-electron chi connectivity index (χ4n) is 4.36. The number of carbonyl (C=O) groups is 1. The standard InChI is InChI=1S/C30H27N3O2/c1-35-28-17-9-8-16-25(28)30(34)31-24-18-19-27-26(21-24)32-29(23-14-6-3-7-15-23)33(27)20-10-13-22-11-4-2-5-12-22/h2-9,11-12,14-19,21H,10,13,20H2,1H3,(H,31,34). The van der Waals surface area contributed by atoms with Crippen LogP contribution in [0.25, 0.3) is 22.4 Å². The molecule has 174 valence electrons. The Bertz CT molecular complexity index is 1440. The zero-order valence-electron chi connectivity index (χ0n) is 19.6. The molecular weight excluding hydrogens is 434 g/mol. The minimum atomic E-state index is -0.215. The molecule has 5 rings (SSSR count). The normalized spacial score (nSPS) is 10.9. The number of benzene rings is 4. The summed E-state index contributed by atoms with van der Waals surface area (Å²) >= 11 is 0. The topological polar surface area (TPSA) is 56.1 Å². The third kappa shape index (κ3) is 4.94. The largest absolute Gasteiger partial charge is 0.496 e. The van der Waals surface area contributed by atoms with Crippen molar-refractivity contribution in [3.05, 3.63) is 114 Å². The SMILES string of the molecule is COc1ccccc1C(=O)Nc1ccc2c(c1)nc(-c1ccccc1)n2CCCc1ccccc1. The van der Waals surface area contributed by atoms with Crippen molar-refractivity contribution >= 4 is 22.6 Å². The Kier molecular flexibility index (Phi) is 6.57. The van der Waals surface area contributed by atoms with Gasteiger partial charge in [-0.15, -0.1) is 0 Å². The van der Waals surface area contributed by atoms with E-state index in [4.69, 9.17) is 9.72 Å². The molecule has 0 aliphatic carbocycles. The van der Waals surface area contributed by atoms with Gasteiger partial charge in [-0.3, -0.25) is 4.79 Å². The molecular formula is C30H27N3O2. The van der Waals surface area contributed by atoms with Crippen LogP contribution < -0.4 is 10.1 Å². The first kappa shape index (κ1) is 22.4. The molecule has 5 nitrogen and oxygen atoms in total. The van der Waals surface area contributed by atoms with Crippen LogP contribution in [0.15, 0.2) is 103 Å². The number of fused-ring (bicyclic) bond motifs is 1. The van der Waals surface area contributed by atoms with Crippen molar-refractivity contribution in [2.45, 2.75) is 19.4 Å². The van der Waals surface area contributed by atoms with Gasteiger partial charge in [0.15, 0.2) is 0 Å². The number of methoxy groups -OCH3 is 1. The average Bonchev–Trinajstić information content (AvgIpc) is 3.27. The van der Waals surface area contributed by atoms with Gasteiger partial charge in [0.2, 0.25) is 0 Å². The summed E-state index contributed by atoms with van der Waals surface area (Å²) < 4.78 is 7.61. The van der Waals surface area contributed by atoms with E-state index in [1.165, 1.54) is 5.56 Å². The highest BCUT2D eigenvalue weighted by Crippen LogP contribution is 2.28. The molecule has 0 unspecified atom stereocenters. The Balaban J connectivity index is 1.44. The molecule has 0 bridgehead atoms. The maximum atomic E-state index is 12.9. The van der Waals surface area contributed by atoms with Gasteiger partial charge in [0.25, 0.3) is 5.91 Å². The van der Waals surface area contributed by atoms with Gasteiger partial charge in [-0.25, -0.2) is 4.98 Å². The van der Waals surface area contributed by atoms with Crippen molar-refractivity contribution in [2.24, 2.45) is 0 Å². The van der Waals surface area contributed by atoms with Gasteiger partial charge in [-0.05, 0) is 48.7 Å². The molecule has 0 fully saturated rings. The number of aryl methyl sites for hydroxylation is 2. The van der Waals surface area contributed by atoms with E-state index in [1.807, 2.05) is 54.6 Å². The fraction of sp³-hybridized carbons (Fsp3) is 0.133. The van der Waals surface area contributed by atoms with Crippen molar-refractivity contribution in [2.75, 3.05) is 12.4 Å². The average molecular weight is 462 g/mol. The Labute approximate surface area is 205 Å². The van der Waals surface area contributed by atoms with Crippen LogP contribution in [0.2, 0.25) is 0 Å². The highest BCUT2D eigenvalue weighted by Gasteiger charge is 2.15. The second-order valence-electron chi connectivity index (χ2n) is 8.40. The molecule has 0 radical (unpaired) electrons. The van der Waals surface area contributed by atoms with Crippen molar-refractivity contribution in [3.8, 4) is 17.1 Å². The molecule has 5 aromatic rings. The monoisotopic (exact) mass is 461 g/mol. The second kappa shape index (κ2) is 10.3. The number of nitrogens with zero attached hydrogens (tertiary/aromatic N) is 2. The van der Waals surface area contributed by atoms with Gasteiger partial charge >= 0.3 is 0 Å². The van der Waals surface area contributed by atoms with E-state index in [-0.39, 0.29) is 5.91 Å². The molecule has 0 atom stereocenters. The number of amides is 1. The first-order valence-electron chi connectivity index (χ1n) is 11.8. The van der Waals surface area contributed by atoms with E-state index >= 15 is 0 Å². The predicted octanol–water partition coefficient (Wildman–Crippen LogP) is 6.60. The Hall–Kier alpha value is -4.38. The van der Waals surface area contributed by atoms with E-state index in [9.17, 15) is 4.79 Å². The molecule has 0 saturated heterocycles. The summed E-state index contributed by atoms with van der Waals surface area (Å²) in [6, 6.07) is 33.9. The summed E-state index contributed by atoms with van der Waals surface area (Å²) in [5.41, 5.74) is 5.49. The third-order valence-electron chi connectivity index (χ3n) is 6.08. The quantitative estimate of drug-likeness (QED) is 0.283. The van der Waals surface area contributed by atoms with Crippen LogP contribution in [0.1, 0.15) is 22.3 Å². The zero-order chi connectivity index (χ0) is 24.0. The maximum Gasteiger partial charge on any atom is 0.259 e. The number of hydrogen-bond acceptors (Lipinski definition) is 3. The number of imidazole rings is 1. The van der Waals surface area contributed by atoms with Crippen molar-refractivity contribution in [3.63, 3.8) is 0 Å². The Morgan fingerprint density at radius 3 is 2.37 bits per heavy atom. The van der Waals surface area contributed by atoms with Crippen molar-refractivity contribution in [1.29, 1.82) is 0 Å². The second-order valence-corrected chi connectivity index (χ2v) is 8.40. The van der Waals surface area contributed by atoms with E-state index in [2.05, 4.69) is 46.3 Å². The molecule has 1 N–H and O–H groups in total. The summed E-state index contributed by atoms with van der Waals surface area (Å²) in [5.74, 6) is 1.26. The minimum absolute atomic E-state index is 0.215. The number of carbonyl (C=O) groups excluding carboxylic acids is 1. The number of rotatable bonds is 8. The first-order chi connectivity index (χ1) is 17.2. The van der Waals surface area contributed by atoms with Crippen LogP contribution in [0.4, 0.5) is 5.69 Å². The number of para-hydroxylation sites is 1. The number of nitrogens with one attached hydrogen (secondary N) is 1. The van der Waals surface area contributed by atoms with Crippen LogP contribution in [-0.2, 0) is 13.0 Å². The first-order valence-corrected chi connectivity index (χ1v) is 11.8. The molecule has 35 heavy (non-hydrogen) atoms. The predicted molar refractivity (Wildman–Crippen MR) is 141 cm³/mol. The highest BCUT2D eigenvalue weighted by molar-refractivity contribution is 6.06. The maximum absolute atomic E-state index is 12.9. The van der Waals surface area contributed by atoms with Crippen molar-refractivity contribution < 1.29 is 9.53 Å². The van der Waals surface area contributed by atoms with E-state index in [0.717, 1.165) is 41.8 Å². The lowest BCUT2D eigenvalue weighted by Crippen LogP contribution is -2.13. The smallest absolute Gasteiger partial charge is 0.259 e. The summed E-state index contributed by atoms with van der Waals surface area (Å²) in [4.78, 5) is 17.9. The van der Waals surface area contributed by atoms with Gasteiger partial charge in [0, 0.05) is 17.8 Å². The molecule has 1 amide bonds. The molecule has 5 heteroatoms. The number of aromatic nitrogens is 2. The van der Waals surface area contributed by atoms with Crippen LogP contribution in [0.3, 0.4) is 0 Å². The summed E-state index contributed by atoms with van der Waals surface area (Å²) in [5, 5.41) is 2.99. The van der Waals surface area contributed by atoms with Gasteiger partial charge in [0.05, 0.1) is 23.7 Å².